The van der Waals surface area contributed by atoms with Gasteiger partial charge in [-0.05, 0) is 40.5 Å². The third-order valence-electron chi connectivity index (χ3n) is 3.13. The number of ether oxygens (including phenoxy) is 2. The van der Waals surface area contributed by atoms with Crippen molar-refractivity contribution in [2.75, 3.05) is 6.61 Å². The molecule has 1 aliphatic carbocycles. The van der Waals surface area contributed by atoms with E-state index in [0.29, 0.717) is 0 Å². The Morgan fingerprint density at radius 1 is 1.36 bits per heavy atom. The first-order valence-electron chi connectivity index (χ1n) is 8.10. The molecule has 1 fully saturated rings. The zero-order chi connectivity index (χ0) is 18.6. The van der Waals surface area contributed by atoms with Crippen LogP contribution >= 0.6 is 11.6 Å². The van der Waals surface area contributed by atoms with Gasteiger partial charge in [0.2, 0.25) is 5.88 Å². The van der Waals surface area contributed by atoms with E-state index >= 15 is 0 Å². The molecule has 1 atom stereocenters. The molecule has 1 aliphatic rings. The lowest BCUT2D eigenvalue weighted by Crippen LogP contribution is -2.40. The van der Waals surface area contributed by atoms with Crippen molar-refractivity contribution in [1.82, 2.24) is 20.8 Å². The molecule has 2 amide bonds. The standard InChI is InChI=1S/C16H23ClN4O4/c1-9(18-15(23)25-16(2,3)4)8-24-12-7-11(13(17)21-20-12)14(22)19-10-5-6-10/h7,9-10H,5-6,8H2,1-4H3,(H,18,23)(H,19,22)/t9-/m0/s1. The summed E-state index contributed by atoms with van der Waals surface area (Å²) >= 11 is 5.92. The lowest BCUT2D eigenvalue weighted by Gasteiger charge is -2.21. The largest absolute Gasteiger partial charge is 0.474 e. The number of nitrogens with one attached hydrogen (secondary N) is 2. The van der Waals surface area contributed by atoms with Crippen LogP contribution in [-0.4, -0.2) is 46.5 Å². The minimum Gasteiger partial charge on any atom is -0.474 e. The van der Waals surface area contributed by atoms with Crippen molar-refractivity contribution in [3.63, 3.8) is 0 Å². The fraction of sp³-hybridized carbons (Fsp3) is 0.625. The summed E-state index contributed by atoms with van der Waals surface area (Å²) in [7, 11) is 0. The van der Waals surface area contributed by atoms with Crippen molar-refractivity contribution < 1.29 is 19.1 Å². The van der Waals surface area contributed by atoms with Crippen LogP contribution in [0.2, 0.25) is 5.15 Å². The van der Waals surface area contributed by atoms with Gasteiger partial charge in [0.15, 0.2) is 5.15 Å². The molecule has 1 saturated carbocycles. The summed E-state index contributed by atoms with van der Waals surface area (Å²) in [6, 6.07) is 1.32. The molecule has 1 aromatic heterocycles. The van der Waals surface area contributed by atoms with Gasteiger partial charge in [0.25, 0.3) is 5.91 Å². The lowest BCUT2D eigenvalue weighted by molar-refractivity contribution is 0.0493. The number of halogens is 1. The van der Waals surface area contributed by atoms with E-state index in [9.17, 15) is 9.59 Å². The molecule has 8 nitrogen and oxygen atoms in total. The van der Waals surface area contributed by atoms with Crippen molar-refractivity contribution in [3.8, 4) is 5.88 Å². The second-order valence-electron chi connectivity index (χ2n) is 6.99. The van der Waals surface area contributed by atoms with E-state index in [-0.39, 0.29) is 41.2 Å². The van der Waals surface area contributed by atoms with E-state index in [4.69, 9.17) is 21.1 Å². The summed E-state index contributed by atoms with van der Waals surface area (Å²) in [6.07, 6.45) is 1.41. The van der Waals surface area contributed by atoms with E-state index in [1.807, 2.05) is 0 Å². The Labute approximate surface area is 151 Å². The van der Waals surface area contributed by atoms with Gasteiger partial charge in [0.05, 0.1) is 11.6 Å². The highest BCUT2D eigenvalue weighted by Gasteiger charge is 2.25. The van der Waals surface area contributed by atoms with Crippen LogP contribution in [0.25, 0.3) is 0 Å². The van der Waals surface area contributed by atoms with E-state index in [1.165, 1.54) is 6.07 Å². The maximum absolute atomic E-state index is 12.1. The molecule has 1 heterocycles. The molecule has 0 aliphatic heterocycles. The second-order valence-corrected chi connectivity index (χ2v) is 7.35. The van der Waals surface area contributed by atoms with Crippen molar-refractivity contribution in [1.29, 1.82) is 0 Å². The number of amides is 2. The quantitative estimate of drug-likeness (QED) is 0.796. The Balaban J connectivity index is 1.87. The van der Waals surface area contributed by atoms with Crippen LogP contribution in [0.15, 0.2) is 6.07 Å². The summed E-state index contributed by atoms with van der Waals surface area (Å²) in [5.74, 6) is -0.143. The maximum atomic E-state index is 12.1. The third kappa shape index (κ3) is 6.74. The zero-order valence-electron chi connectivity index (χ0n) is 14.8. The summed E-state index contributed by atoms with van der Waals surface area (Å²) in [5, 5.41) is 13.0. The highest BCUT2D eigenvalue weighted by molar-refractivity contribution is 6.32. The monoisotopic (exact) mass is 370 g/mol. The van der Waals surface area contributed by atoms with Crippen molar-refractivity contribution in [2.45, 2.75) is 58.2 Å². The van der Waals surface area contributed by atoms with Crippen LogP contribution < -0.4 is 15.4 Å². The zero-order valence-corrected chi connectivity index (χ0v) is 15.5. The predicted octanol–water partition coefficient (Wildman–Crippen LogP) is 2.31. The van der Waals surface area contributed by atoms with Gasteiger partial charge in [-0.3, -0.25) is 4.79 Å². The van der Waals surface area contributed by atoms with Gasteiger partial charge in [-0.1, -0.05) is 11.6 Å². The Bertz CT molecular complexity index is 644. The van der Waals surface area contributed by atoms with Crippen LogP contribution in [0.1, 0.15) is 50.9 Å². The number of carbonyl (C=O) groups excluding carboxylic acids is 2. The highest BCUT2D eigenvalue weighted by atomic mass is 35.5. The molecule has 9 heteroatoms. The molecular formula is C16H23ClN4O4. The van der Waals surface area contributed by atoms with Gasteiger partial charge in [-0.25, -0.2) is 4.79 Å². The van der Waals surface area contributed by atoms with Gasteiger partial charge in [-0.2, -0.15) is 0 Å². The number of hydrogen-bond acceptors (Lipinski definition) is 6. The minimum atomic E-state index is -0.573. The molecule has 138 valence electrons. The molecule has 0 unspecified atom stereocenters. The van der Waals surface area contributed by atoms with E-state index in [1.54, 1.807) is 27.7 Å². The van der Waals surface area contributed by atoms with Gasteiger partial charge < -0.3 is 20.1 Å². The van der Waals surface area contributed by atoms with Crippen LogP contribution in [0.5, 0.6) is 5.88 Å². The first-order chi connectivity index (χ1) is 11.6. The first kappa shape index (κ1) is 19.2. The Morgan fingerprint density at radius 3 is 2.64 bits per heavy atom. The van der Waals surface area contributed by atoms with E-state index in [0.717, 1.165) is 12.8 Å². The van der Waals surface area contributed by atoms with E-state index in [2.05, 4.69) is 20.8 Å². The Kier molecular flexibility index (Phi) is 6.05. The second kappa shape index (κ2) is 7.86. The average Bonchev–Trinajstić information content (AvgIpc) is 3.28. The molecule has 25 heavy (non-hydrogen) atoms. The van der Waals surface area contributed by atoms with Crippen LogP contribution in [0.3, 0.4) is 0 Å². The van der Waals surface area contributed by atoms with Crippen LogP contribution in [-0.2, 0) is 4.74 Å². The van der Waals surface area contributed by atoms with Gasteiger partial charge in [-0.15, -0.1) is 10.2 Å². The molecule has 2 N–H and O–H groups in total. The number of hydrogen-bond donors (Lipinski definition) is 2. The number of carbonyl (C=O) groups is 2. The van der Waals surface area contributed by atoms with Crippen molar-refractivity contribution in [2.24, 2.45) is 0 Å². The molecular weight excluding hydrogens is 348 g/mol. The average molecular weight is 371 g/mol. The SMILES string of the molecule is C[C@@H](COc1cc(C(=O)NC2CC2)c(Cl)nn1)NC(=O)OC(C)(C)C. The predicted molar refractivity (Wildman–Crippen MR) is 91.9 cm³/mol. The molecule has 0 bridgehead atoms. The Hall–Kier alpha value is -2.09. The van der Waals surface area contributed by atoms with Gasteiger partial charge in [0.1, 0.15) is 12.2 Å². The lowest BCUT2D eigenvalue weighted by atomic mass is 10.2. The summed E-state index contributed by atoms with van der Waals surface area (Å²) in [6.45, 7) is 7.25. The van der Waals surface area contributed by atoms with Gasteiger partial charge in [0, 0.05) is 12.1 Å². The summed E-state index contributed by atoms with van der Waals surface area (Å²) < 4.78 is 10.6. The normalized spacial score (nSPS) is 15.2. The van der Waals surface area contributed by atoms with Gasteiger partial charge >= 0.3 is 6.09 Å². The fourth-order valence-electron chi connectivity index (χ4n) is 1.84. The van der Waals surface area contributed by atoms with Crippen LogP contribution in [0.4, 0.5) is 4.79 Å². The first-order valence-corrected chi connectivity index (χ1v) is 8.48. The molecule has 2 rings (SSSR count). The number of rotatable bonds is 6. The highest BCUT2D eigenvalue weighted by Crippen LogP contribution is 2.22. The molecule has 1 aromatic rings. The molecule has 0 radical (unpaired) electrons. The number of aromatic nitrogens is 2. The van der Waals surface area contributed by atoms with Crippen LogP contribution in [0, 0.1) is 0 Å². The topological polar surface area (TPSA) is 102 Å². The molecule has 0 saturated heterocycles. The molecule has 0 spiro atoms. The third-order valence-corrected chi connectivity index (χ3v) is 3.41. The van der Waals surface area contributed by atoms with Crippen molar-refractivity contribution >= 4 is 23.6 Å². The smallest absolute Gasteiger partial charge is 0.407 e. The minimum absolute atomic E-state index is 0.0189. The summed E-state index contributed by atoms with van der Waals surface area (Å²) in [5.41, 5.74) is -0.359. The molecule has 0 aromatic carbocycles. The maximum Gasteiger partial charge on any atom is 0.407 e. The summed E-state index contributed by atoms with van der Waals surface area (Å²) in [4.78, 5) is 23.8. The Morgan fingerprint density at radius 2 is 2.04 bits per heavy atom. The number of nitrogens with zero attached hydrogens (tertiary/aromatic N) is 2. The van der Waals surface area contributed by atoms with E-state index < -0.39 is 11.7 Å². The number of alkyl carbamates (subject to hydrolysis) is 1. The van der Waals surface area contributed by atoms with Crippen molar-refractivity contribution in [3.05, 3.63) is 16.8 Å². The fourth-order valence-corrected chi connectivity index (χ4v) is 2.02.